The van der Waals surface area contributed by atoms with E-state index in [-0.39, 0.29) is 36.7 Å². The number of carbonyl (C=O) groups is 1. The standard InChI is InChI=1S/C19H20FNO4S/c1-25-15-8-6-14(7-9-15)19(22)21-11-10-18(26(23,24)13-12-21)16-4-2-3-5-17(16)20/h2-9,18H,10-13H2,1H3. The van der Waals surface area contributed by atoms with E-state index in [1.54, 1.807) is 37.4 Å². The van der Waals surface area contributed by atoms with Crippen LogP contribution in [0.25, 0.3) is 0 Å². The fourth-order valence-corrected chi connectivity index (χ4v) is 4.95. The summed E-state index contributed by atoms with van der Waals surface area (Å²) in [4.78, 5) is 14.2. The fourth-order valence-electron chi connectivity index (χ4n) is 3.15. The number of hydrogen-bond donors (Lipinski definition) is 0. The molecular formula is C19H20FNO4S. The minimum Gasteiger partial charge on any atom is -0.497 e. The van der Waals surface area contributed by atoms with Crippen molar-refractivity contribution in [1.82, 2.24) is 4.90 Å². The lowest BCUT2D eigenvalue weighted by Gasteiger charge is -2.20. The van der Waals surface area contributed by atoms with E-state index in [9.17, 15) is 17.6 Å². The Balaban J connectivity index is 1.82. The average Bonchev–Trinajstić information content (AvgIpc) is 2.80. The molecule has 2 aromatic rings. The lowest BCUT2D eigenvalue weighted by Crippen LogP contribution is -2.33. The van der Waals surface area contributed by atoms with Crippen LogP contribution in [0.1, 0.15) is 27.6 Å². The summed E-state index contributed by atoms with van der Waals surface area (Å²) in [7, 11) is -2.01. The van der Waals surface area contributed by atoms with Crippen LogP contribution in [0.5, 0.6) is 5.75 Å². The van der Waals surface area contributed by atoms with Crippen molar-refractivity contribution in [2.24, 2.45) is 0 Å². The Labute approximate surface area is 152 Å². The predicted molar refractivity (Wildman–Crippen MR) is 96.4 cm³/mol. The summed E-state index contributed by atoms with van der Waals surface area (Å²) < 4.78 is 44.4. The second-order valence-corrected chi connectivity index (χ2v) is 8.49. The molecular weight excluding hydrogens is 357 g/mol. The molecule has 0 radical (unpaired) electrons. The zero-order valence-corrected chi connectivity index (χ0v) is 15.2. The highest BCUT2D eigenvalue weighted by molar-refractivity contribution is 7.91. The Morgan fingerprint density at radius 3 is 2.46 bits per heavy atom. The summed E-state index contributed by atoms with van der Waals surface area (Å²) in [6.45, 7) is 0.348. The molecule has 5 nitrogen and oxygen atoms in total. The molecule has 0 aliphatic carbocycles. The van der Waals surface area contributed by atoms with Crippen molar-refractivity contribution < 1.29 is 22.3 Å². The molecule has 0 bridgehead atoms. The highest BCUT2D eigenvalue weighted by atomic mass is 32.2. The zero-order chi connectivity index (χ0) is 18.7. The van der Waals surface area contributed by atoms with E-state index < -0.39 is 20.9 Å². The minimum absolute atomic E-state index is 0.0954. The monoisotopic (exact) mass is 377 g/mol. The van der Waals surface area contributed by atoms with Crippen LogP contribution in [0.15, 0.2) is 48.5 Å². The third kappa shape index (κ3) is 3.72. The first-order valence-electron chi connectivity index (χ1n) is 8.31. The molecule has 1 unspecified atom stereocenters. The largest absolute Gasteiger partial charge is 0.497 e. The van der Waals surface area contributed by atoms with Gasteiger partial charge in [-0.3, -0.25) is 4.79 Å². The number of ether oxygens (including phenoxy) is 1. The molecule has 138 valence electrons. The Hall–Kier alpha value is -2.41. The number of hydrogen-bond acceptors (Lipinski definition) is 4. The Kier molecular flexibility index (Phi) is 5.27. The van der Waals surface area contributed by atoms with Gasteiger partial charge in [0, 0.05) is 24.2 Å². The van der Waals surface area contributed by atoms with E-state index in [1.165, 1.54) is 23.1 Å². The second kappa shape index (κ2) is 7.45. The Bertz CT molecular complexity index is 896. The molecule has 0 spiro atoms. The average molecular weight is 377 g/mol. The van der Waals surface area contributed by atoms with Crippen molar-refractivity contribution in [1.29, 1.82) is 0 Å². The molecule has 0 aromatic heterocycles. The van der Waals surface area contributed by atoms with Crippen LogP contribution in [-0.4, -0.2) is 45.2 Å². The molecule has 0 saturated carbocycles. The van der Waals surface area contributed by atoms with Crippen LogP contribution in [0.2, 0.25) is 0 Å². The minimum atomic E-state index is -3.55. The molecule has 2 aromatic carbocycles. The molecule has 1 aliphatic heterocycles. The van der Waals surface area contributed by atoms with Gasteiger partial charge in [-0.15, -0.1) is 0 Å². The number of carbonyl (C=O) groups excluding carboxylic acids is 1. The van der Waals surface area contributed by atoms with E-state index in [1.807, 2.05) is 0 Å². The molecule has 1 amide bonds. The lowest BCUT2D eigenvalue weighted by molar-refractivity contribution is 0.0766. The van der Waals surface area contributed by atoms with E-state index in [0.29, 0.717) is 11.3 Å². The molecule has 0 N–H and O–H groups in total. The van der Waals surface area contributed by atoms with E-state index in [2.05, 4.69) is 0 Å². The number of methoxy groups -OCH3 is 1. The molecule has 1 saturated heterocycles. The number of sulfone groups is 1. The van der Waals surface area contributed by atoms with Crippen molar-refractivity contribution >= 4 is 15.7 Å². The van der Waals surface area contributed by atoms with E-state index >= 15 is 0 Å². The van der Waals surface area contributed by atoms with Crippen molar-refractivity contribution in [3.63, 3.8) is 0 Å². The van der Waals surface area contributed by atoms with Crippen LogP contribution in [0, 0.1) is 5.82 Å². The maximum atomic E-state index is 14.1. The van der Waals surface area contributed by atoms with Crippen LogP contribution in [-0.2, 0) is 9.84 Å². The highest BCUT2D eigenvalue weighted by Crippen LogP contribution is 2.31. The van der Waals surface area contributed by atoms with Gasteiger partial charge < -0.3 is 9.64 Å². The van der Waals surface area contributed by atoms with Gasteiger partial charge in [0.1, 0.15) is 11.6 Å². The molecule has 1 aliphatic rings. The van der Waals surface area contributed by atoms with Crippen LogP contribution >= 0.6 is 0 Å². The van der Waals surface area contributed by atoms with E-state index in [4.69, 9.17) is 4.74 Å². The van der Waals surface area contributed by atoms with Gasteiger partial charge in [-0.1, -0.05) is 18.2 Å². The summed E-state index contributed by atoms with van der Waals surface area (Å²) in [5.41, 5.74) is 0.638. The second-order valence-electron chi connectivity index (χ2n) is 6.19. The predicted octanol–water partition coefficient (Wildman–Crippen LogP) is 2.84. The fraction of sp³-hybridized carbons (Fsp3) is 0.316. The van der Waals surface area contributed by atoms with Gasteiger partial charge in [-0.05, 0) is 36.8 Å². The Morgan fingerprint density at radius 1 is 1.12 bits per heavy atom. The number of benzene rings is 2. The van der Waals surface area contributed by atoms with Gasteiger partial charge in [0.2, 0.25) is 0 Å². The summed E-state index contributed by atoms with van der Waals surface area (Å²) in [6, 6.07) is 12.6. The van der Waals surface area contributed by atoms with Crippen LogP contribution in [0.3, 0.4) is 0 Å². The third-order valence-electron chi connectivity index (χ3n) is 4.62. The zero-order valence-electron chi connectivity index (χ0n) is 14.4. The summed E-state index contributed by atoms with van der Waals surface area (Å²) in [5, 5.41) is -0.933. The Morgan fingerprint density at radius 2 is 1.81 bits per heavy atom. The first-order valence-corrected chi connectivity index (χ1v) is 10.0. The molecule has 3 rings (SSSR count). The number of nitrogens with zero attached hydrogens (tertiary/aromatic N) is 1. The van der Waals surface area contributed by atoms with Crippen LogP contribution < -0.4 is 4.74 Å². The first kappa shape index (κ1) is 18.4. The first-order chi connectivity index (χ1) is 12.4. The summed E-state index contributed by atoms with van der Waals surface area (Å²) in [6.07, 6.45) is 0.172. The lowest BCUT2D eigenvalue weighted by atomic mass is 10.1. The normalized spacial score (nSPS) is 19.6. The molecule has 1 atom stereocenters. The van der Waals surface area contributed by atoms with Crippen molar-refractivity contribution in [3.05, 3.63) is 65.5 Å². The smallest absolute Gasteiger partial charge is 0.253 e. The molecule has 26 heavy (non-hydrogen) atoms. The van der Waals surface area contributed by atoms with Gasteiger partial charge in [-0.2, -0.15) is 0 Å². The highest BCUT2D eigenvalue weighted by Gasteiger charge is 2.34. The number of amides is 1. The molecule has 1 fully saturated rings. The van der Waals surface area contributed by atoms with Gasteiger partial charge >= 0.3 is 0 Å². The van der Waals surface area contributed by atoms with Crippen molar-refractivity contribution in [2.45, 2.75) is 11.7 Å². The van der Waals surface area contributed by atoms with Crippen LogP contribution in [0.4, 0.5) is 4.39 Å². The van der Waals surface area contributed by atoms with Crippen molar-refractivity contribution in [2.75, 3.05) is 26.0 Å². The maximum Gasteiger partial charge on any atom is 0.253 e. The maximum absolute atomic E-state index is 14.1. The van der Waals surface area contributed by atoms with Gasteiger partial charge in [-0.25, -0.2) is 12.8 Å². The van der Waals surface area contributed by atoms with Crippen molar-refractivity contribution in [3.8, 4) is 5.75 Å². The molecule has 1 heterocycles. The van der Waals surface area contributed by atoms with Gasteiger partial charge in [0.15, 0.2) is 9.84 Å². The third-order valence-corrected chi connectivity index (χ3v) is 6.72. The quantitative estimate of drug-likeness (QED) is 0.825. The number of halogens is 1. The topological polar surface area (TPSA) is 63.7 Å². The van der Waals surface area contributed by atoms with E-state index in [0.717, 1.165) is 0 Å². The molecule has 7 heteroatoms. The SMILES string of the molecule is COc1ccc(C(=O)N2CCC(c3ccccc3F)S(=O)(=O)CC2)cc1. The summed E-state index contributed by atoms with van der Waals surface area (Å²) >= 11 is 0. The number of rotatable bonds is 3. The van der Waals surface area contributed by atoms with Gasteiger partial charge in [0.05, 0.1) is 18.1 Å². The summed E-state index contributed by atoms with van der Waals surface area (Å²) in [5.74, 6) is -0.318. The van der Waals surface area contributed by atoms with Gasteiger partial charge in [0.25, 0.3) is 5.91 Å².